The number of benzene rings is 1. The average Bonchev–Trinajstić information content (AvgIpc) is 2.59. The van der Waals surface area contributed by atoms with Crippen LogP contribution in [-0.4, -0.2) is 25.8 Å². The Balaban J connectivity index is 2.01. The Kier molecular flexibility index (Phi) is 6.94. The number of aromatic hydroxyl groups is 1. The molecule has 1 heterocycles. The van der Waals surface area contributed by atoms with Crippen molar-refractivity contribution >= 4 is 40.2 Å². The molecule has 1 aromatic heterocycles. The third kappa shape index (κ3) is 6.66. The molecule has 0 aliphatic carbocycles. The topological polar surface area (TPSA) is 101 Å². The highest BCUT2D eigenvalue weighted by molar-refractivity contribution is 14.1. The zero-order valence-corrected chi connectivity index (χ0v) is 16.9. The molecule has 0 aliphatic rings. The minimum Gasteiger partial charge on any atom is -0.507 e. The van der Waals surface area contributed by atoms with Crippen LogP contribution in [0.2, 0.25) is 0 Å². The van der Waals surface area contributed by atoms with Crippen LogP contribution in [0.1, 0.15) is 36.2 Å². The van der Waals surface area contributed by atoms with E-state index in [2.05, 4.69) is 15.6 Å². The van der Waals surface area contributed by atoms with Gasteiger partial charge in [0.1, 0.15) is 17.3 Å². The van der Waals surface area contributed by atoms with Gasteiger partial charge in [0.25, 0.3) is 9.77 Å². The molecule has 0 saturated heterocycles. The Morgan fingerprint density at radius 1 is 1.33 bits per heavy atom. The maximum atomic E-state index is 13.5. The molecule has 1 atom stereocenters. The summed E-state index contributed by atoms with van der Waals surface area (Å²) < 4.78 is 16.6. The van der Waals surface area contributed by atoms with E-state index in [1.165, 1.54) is 66.0 Å². The Labute approximate surface area is 169 Å². The van der Waals surface area contributed by atoms with E-state index in [-0.39, 0.29) is 29.8 Å². The van der Waals surface area contributed by atoms with Crippen molar-refractivity contribution in [3.63, 3.8) is 0 Å². The van der Waals surface area contributed by atoms with Crippen LogP contribution in [0.5, 0.6) is 11.5 Å². The predicted octanol–water partition coefficient (Wildman–Crippen LogP) is 3.52. The normalized spacial score (nSPS) is 12.7. The van der Waals surface area contributed by atoms with E-state index in [0.717, 1.165) is 0 Å². The van der Waals surface area contributed by atoms with Crippen molar-refractivity contribution in [1.29, 1.82) is 0 Å². The molecule has 0 spiro atoms. The highest BCUT2D eigenvalue weighted by Crippen LogP contribution is 2.29. The van der Waals surface area contributed by atoms with Gasteiger partial charge in [-0.2, -0.15) is 4.39 Å². The van der Waals surface area contributed by atoms with E-state index in [1.54, 1.807) is 6.92 Å². The molecule has 1 unspecified atom stereocenters. The van der Waals surface area contributed by atoms with Gasteiger partial charge in [0.2, 0.25) is 5.91 Å². The Morgan fingerprint density at radius 3 is 2.70 bits per heavy atom. The van der Waals surface area contributed by atoms with Crippen LogP contribution in [0.25, 0.3) is 0 Å². The number of hydrogen-bond acceptors (Lipinski definition) is 5. The van der Waals surface area contributed by atoms with E-state index in [9.17, 15) is 19.1 Å². The maximum Gasteiger partial charge on any atom is 0.295 e. The Morgan fingerprint density at radius 2 is 2.07 bits per heavy atom. The van der Waals surface area contributed by atoms with Gasteiger partial charge in [-0.3, -0.25) is 9.59 Å². The predicted molar refractivity (Wildman–Crippen MR) is 107 cm³/mol. The lowest BCUT2D eigenvalue weighted by atomic mass is 10.1. The van der Waals surface area contributed by atoms with Crippen LogP contribution < -0.4 is 15.4 Å². The van der Waals surface area contributed by atoms with Gasteiger partial charge >= 0.3 is 0 Å². The number of pyridine rings is 1. The van der Waals surface area contributed by atoms with Crippen molar-refractivity contribution in [2.75, 3.05) is 5.32 Å². The number of nitrogens with zero attached hydrogens (tertiary/aromatic N) is 1. The summed E-state index contributed by atoms with van der Waals surface area (Å²) in [7, 11) is 0. The molecule has 0 bridgehead atoms. The third-order valence-electron chi connectivity index (χ3n) is 3.40. The number of phenolic OH excluding ortho intramolecular Hbond substituents is 1. The lowest BCUT2D eigenvalue weighted by Crippen LogP contribution is -2.23. The molecule has 7 nitrogen and oxygen atoms in total. The zero-order valence-electron chi connectivity index (χ0n) is 14.8. The summed E-state index contributed by atoms with van der Waals surface area (Å²) in [5.41, 5.74) is 0.757. The first-order valence-corrected chi connectivity index (χ1v) is 9.18. The monoisotopic (exact) mass is 487 g/mol. The lowest BCUT2D eigenvalue weighted by Gasteiger charge is -2.16. The molecular formula is C18H19FIN3O4. The molecule has 144 valence electrons. The molecular weight excluding hydrogens is 468 g/mol. The fraction of sp³-hybridized carbons (Fsp3) is 0.278. The summed E-state index contributed by atoms with van der Waals surface area (Å²) in [4.78, 5) is 27.7. The van der Waals surface area contributed by atoms with Gasteiger partial charge in [0.05, 0.1) is 0 Å². The number of carbonyl (C=O) groups excluding carboxylic acids is 2. The van der Waals surface area contributed by atoms with Crippen LogP contribution in [0.4, 0.5) is 10.2 Å². The quantitative estimate of drug-likeness (QED) is 0.410. The van der Waals surface area contributed by atoms with Crippen molar-refractivity contribution in [1.82, 2.24) is 10.3 Å². The average molecular weight is 487 g/mol. The maximum absolute atomic E-state index is 13.5. The molecule has 0 saturated carbocycles. The largest absolute Gasteiger partial charge is 0.507 e. The van der Waals surface area contributed by atoms with Crippen LogP contribution in [0, 0.1) is 0 Å². The molecule has 2 aromatic rings. The number of carbonyl (C=O) groups is 2. The Hall–Kier alpha value is -2.43. The van der Waals surface area contributed by atoms with Gasteiger partial charge in [-0.05, 0) is 24.3 Å². The number of nitrogens with one attached hydrogen (secondary N) is 2. The SMILES string of the molecule is CCC(=O)Nc1cc(C(=O)NCc2ccc(OC(C)(F)I)cc2O)ccn1. The van der Waals surface area contributed by atoms with Gasteiger partial charge < -0.3 is 20.5 Å². The van der Waals surface area contributed by atoms with Crippen LogP contribution in [0.15, 0.2) is 36.5 Å². The first-order chi connectivity index (χ1) is 12.7. The summed E-state index contributed by atoms with van der Waals surface area (Å²) in [6.07, 6.45) is 1.72. The number of halogens is 2. The highest BCUT2D eigenvalue weighted by atomic mass is 127. The van der Waals surface area contributed by atoms with Crippen molar-refractivity contribution in [3.05, 3.63) is 47.7 Å². The van der Waals surface area contributed by atoms with Crippen LogP contribution >= 0.6 is 22.6 Å². The van der Waals surface area contributed by atoms with Crippen molar-refractivity contribution in [2.45, 2.75) is 30.7 Å². The van der Waals surface area contributed by atoms with Gasteiger partial charge in [0, 0.05) is 65.9 Å². The molecule has 27 heavy (non-hydrogen) atoms. The number of ether oxygens (including phenoxy) is 1. The summed E-state index contributed by atoms with van der Waals surface area (Å²) in [6, 6.07) is 7.29. The summed E-state index contributed by atoms with van der Waals surface area (Å²) in [6.45, 7) is 3.01. The lowest BCUT2D eigenvalue weighted by molar-refractivity contribution is -0.115. The van der Waals surface area contributed by atoms with E-state index < -0.39 is 9.77 Å². The number of rotatable bonds is 7. The third-order valence-corrected chi connectivity index (χ3v) is 3.62. The molecule has 0 fully saturated rings. The number of alkyl halides is 2. The smallest absolute Gasteiger partial charge is 0.295 e. The second kappa shape index (κ2) is 8.98. The van der Waals surface area contributed by atoms with Gasteiger partial charge in [-0.25, -0.2) is 4.98 Å². The zero-order chi connectivity index (χ0) is 20.0. The fourth-order valence-electron chi connectivity index (χ4n) is 2.11. The second-order valence-electron chi connectivity index (χ2n) is 5.71. The van der Waals surface area contributed by atoms with Crippen molar-refractivity contribution < 1.29 is 23.8 Å². The molecule has 9 heteroatoms. The van der Waals surface area contributed by atoms with Crippen LogP contribution in [-0.2, 0) is 11.3 Å². The van der Waals surface area contributed by atoms with Crippen LogP contribution in [0.3, 0.4) is 0 Å². The van der Waals surface area contributed by atoms with E-state index in [0.29, 0.717) is 17.5 Å². The summed E-state index contributed by atoms with van der Waals surface area (Å²) in [5.74, 6) is -0.269. The fourth-order valence-corrected chi connectivity index (χ4v) is 2.37. The number of hydrogen-bond donors (Lipinski definition) is 3. The minimum absolute atomic E-state index is 0.0566. The summed E-state index contributed by atoms with van der Waals surface area (Å²) in [5, 5.41) is 15.3. The molecule has 2 rings (SSSR count). The molecule has 2 amide bonds. The molecule has 0 radical (unpaired) electrons. The summed E-state index contributed by atoms with van der Waals surface area (Å²) >= 11 is 1.49. The number of amides is 2. The highest BCUT2D eigenvalue weighted by Gasteiger charge is 2.20. The molecule has 3 N–H and O–H groups in total. The van der Waals surface area contributed by atoms with E-state index in [1.807, 2.05) is 0 Å². The van der Waals surface area contributed by atoms with E-state index >= 15 is 0 Å². The van der Waals surface area contributed by atoms with Crippen molar-refractivity contribution in [3.8, 4) is 11.5 Å². The second-order valence-corrected chi connectivity index (χ2v) is 7.64. The van der Waals surface area contributed by atoms with Gasteiger partial charge in [-0.1, -0.05) is 6.92 Å². The molecule has 0 aliphatic heterocycles. The number of phenols is 1. The minimum atomic E-state index is -1.90. The van der Waals surface area contributed by atoms with Gasteiger partial charge in [0.15, 0.2) is 0 Å². The van der Waals surface area contributed by atoms with Crippen molar-refractivity contribution in [2.24, 2.45) is 0 Å². The van der Waals surface area contributed by atoms with E-state index in [4.69, 9.17) is 4.74 Å². The first-order valence-electron chi connectivity index (χ1n) is 8.11. The van der Waals surface area contributed by atoms with Gasteiger partial charge in [-0.15, -0.1) is 0 Å². The first kappa shape index (κ1) is 20.9. The standard InChI is InChI=1S/C18H19FIN3O4/c1-3-16(25)23-15-8-11(6-7-21-15)17(26)22-10-12-4-5-13(9-14(12)24)27-18(2,19)20/h4-9,24H,3,10H2,1-2H3,(H,22,26)(H,21,23,25). The number of aromatic nitrogens is 1. The Bertz CT molecular complexity index is 840. The number of anilines is 1. The molecule has 1 aromatic carbocycles.